The second-order valence-electron chi connectivity index (χ2n) is 4.94. The summed E-state index contributed by atoms with van der Waals surface area (Å²) in [6, 6.07) is 15.5. The maximum atomic E-state index is 8.95. The molecule has 0 amide bonds. The first-order valence-electron chi connectivity index (χ1n) is 6.49. The van der Waals surface area contributed by atoms with E-state index >= 15 is 0 Å². The standard InChI is InChI=1S/C16H21NO/c1-13(17(2)9-10-18)11-14-7-8-15-5-3-4-6-16(15)12-14/h3-8,12-13,18H,9-11H2,1-2H3. The van der Waals surface area contributed by atoms with Gasteiger partial charge in [-0.3, -0.25) is 0 Å². The molecule has 0 aromatic heterocycles. The molecule has 1 N–H and O–H groups in total. The molecule has 0 bridgehead atoms. The fourth-order valence-corrected chi connectivity index (χ4v) is 2.24. The summed E-state index contributed by atoms with van der Waals surface area (Å²) in [4.78, 5) is 2.19. The smallest absolute Gasteiger partial charge is 0.0558 e. The molecule has 0 radical (unpaired) electrons. The molecule has 0 aliphatic carbocycles. The number of benzene rings is 2. The van der Waals surface area contributed by atoms with E-state index in [1.165, 1.54) is 16.3 Å². The zero-order chi connectivity index (χ0) is 13.0. The molecule has 0 heterocycles. The predicted octanol–water partition coefficient (Wildman–Crippen LogP) is 2.69. The second-order valence-corrected chi connectivity index (χ2v) is 4.94. The van der Waals surface area contributed by atoms with E-state index in [2.05, 4.69) is 61.3 Å². The summed E-state index contributed by atoms with van der Waals surface area (Å²) in [7, 11) is 2.06. The second kappa shape index (κ2) is 5.98. The highest BCUT2D eigenvalue weighted by atomic mass is 16.3. The van der Waals surface area contributed by atoms with Crippen molar-refractivity contribution in [3.05, 3.63) is 48.0 Å². The maximum absolute atomic E-state index is 8.95. The van der Waals surface area contributed by atoms with Crippen molar-refractivity contribution in [3.63, 3.8) is 0 Å². The molecule has 2 aromatic carbocycles. The van der Waals surface area contributed by atoms with Crippen molar-refractivity contribution in [1.29, 1.82) is 0 Å². The van der Waals surface area contributed by atoms with E-state index in [0.29, 0.717) is 6.04 Å². The number of likely N-dealkylation sites (N-methyl/N-ethyl adjacent to an activating group) is 1. The van der Waals surface area contributed by atoms with Gasteiger partial charge in [0.25, 0.3) is 0 Å². The van der Waals surface area contributed by atoms with E-state index < -0.39 is 0 Å². The summed E-state index contributed by atoms with van der Waals surface area (Å²) in [5.41, 5.74) is 1.35. The van der Waals surface area contributed by atoms with Crippen LogP contribution in [0.2, 0.25) is 0 Å². The predicted molar refractivity (Wildman–Crippen MR) is 76.8 cm³/mol. The van der Waals surface area contributed by atoms with Gasteiger partial charge in [-0.1, -0.05) is 42.5 Å². The van der Waals surface area contributed by atoms with Gasteiger partial charge in [-0.05, 0) is 36.7 Å². The van der Waals surface area contributed by atoms with E-state index in [0.717, 1.165) is 13.0 Å². The van der Waals surface area contributed by atoms with E-state index in [4.69, 9.17) is 5.11 Å². The lowest BCUT2D eigenvalue weighted by atomic mass is 10.0. The van der Waals surface area contributed by atoms with E-state index in [1.54, 1.807) is 0 Å². The normalized spacial score (nSPS) is 13.1. The zero-order valence-corrected chi connectivity index (χ0v) is 11.1. The van der Waals surface area contributed by atoms with E-state index in [-0.39, 0.29) is 6.61 Å². The zero-order valence-electron chi connectivity index (χ0n) is 11.1. The lowest BCUT2D eigenvalue weighted by molar-refractivity contribution is 0.187. The highest BCUT2D eigenvalue weighted by Gasteiger charge is 2.09. The molecule has 2 rings (SSSR count). The SMILES string of the molecule is CC(Cc1ccc2ccccc2c1)N(C)CCO. The van der Waals surface area contributed by atoms with Gasteiger partial charge in [-0.25, -0.2) is 0 Å². The van der Waals surface area contributed by atoms with Crippen molar-refractivity contribution in [3.8, 4) is 0 Å². The van der Waals surface area contributed by atoms with Crippen LogP contribution in [0.15, 0.2) is 42.5 Å². The van der Waals surface area contributed by atoms with Crippen molar-refractivity contribution in [2.45, 2.75) is 19.4 Å². The Morgan fingerprint density at radius 2 is 1.83 bits per heavy atom. The largest absolute Gasteiger partial charge is 0.395 e. The van der Waals surface area contributed by atoms with Crippen LogP contribution in [-0.2, 0) is 6.42 Å². The highest BCUT2D eigenvalue weighted by Crippen LogP contribution is 2.17. The molecule has 2 nitrogen and oxygen atoms in total. The monoisotopic (exact) mass is 243 g/mol. The number of nitrogens with zero attached hydrogens (tertiary/aromatic N) is 1. The van der Waals surface area contributed by atoms with Crippen LogP contribution in [-0.4, -0.2) is 36.2 Å². The Morgan fingerprint density at radius 1 is 1.11 bits per heavy atom. The third-order valence-electron chi connectivity index (χ3n) is 3.55. The Kier molecular flexibility index (Phi) is 4.34. The number of aliphatic hydroxyl groups excluding tert-OH is 1. The molecule has 0 saturated carbocycles. The van der Waals surface area contributed by atoms with Crippen molar-refractivity contribution in [2.24, 2.45) is 0 Å². The van der Waals surface area contributed by atoms with Gasteiger partial charge >= 0.3 is 0 Å². The summed E-state index contributed by atoms with van der Waals surface area (Å²) in [5.74, 6) is 0. The van der Waals surface area contributed by atoms with Gasteiger partial charge in [-0.2, -0.15) is 0 Å². The first kappa shape index (κ1) is 13.1. The van der Waals surface area contributed by atoms with Crippen molar-refractivity contribution < 1.29 is 5.11 Å². The first-order valence-corrected chi connectivity index (χ1v) is 6.49. The third kappa shape index (κ3) is 3.09. The molecule has 0 aliphatic rings. The summed E-state index contributed by atoms with van der Waals surface area (Å²) in [6.45, 7) is 3.15. The van der Waals surface area contributed by atoms with Crippen LogP contribution in [0.5, 0.6) is 0 Å². The van der Waals surface area contributed by atoms with Crippen LogP contribution in [0, 0.1) is 0 Å². The summed E-state index contributed by atoms with van der Waals surface area (Å²) >= 11 is 0. The topological polar surface area (TPSA) is 23.5 Å². The highest BCUT2D eigenvalue weighted by molar-refractivity contribution is 5.82. The number of hydrogen-bond donors (Lipinski definition) is 1. The molecule has 2 aromatic rings. The number of aliphatic hydroxyl groups is 1. The minimum atomic E-state index is 0.221. The number of hydrogen-bond acceptors (Lipinski definition) is 2. The van der Waals surface area contributed by atoms with E-state index in [9.17, 15) is 0 Å². The molecule has 1 unspecified atom stereocenters. The first-order chi connectivity index (χ1) is 8.70. The lowest BCUT2D eigenvalue weighted by Crippen LogP contribution is -2.33. The quantitative estimate of drug-likeness (QED) is 0.872. The van der Waals surface area contributed by atoms with Crippen LogP contribution in [0.1, 0.15) is 12.5 Å². The van der Waals surface area contributed by atoms with Gasteiger partial charge in [0.05, 0.1) is 6.61 Å². The van der Waals surface area contributed by atoms with Gasteiger partial charge in [0.2, 0.25) is 0 Å². The molecule has 0 fully saturated rings. The number of rotatable bonds is 5. The molecular weight excluding hydrogens is 222 g/mol. The molecule has 1 atom stereocenters. The average Bonchev–Trinajstić information content (AvgIpc) is 2.39. The van der Waals surface area contributed by atoms with Gasteiger partial charge in [0.15, 0.2) is 0 Å². The Hall–Kier alpha value is -1.38. The van der Waals surface area contributed by atoms with Crippen molar-refractivity contribution in [2.75, 3.05) is 20.2 Å². The molecule has 18 heavy (non-hydrogen) atoms. The number of fused-ring (bicyclic) bond motifs is 1. The molecular formula is C16H21NO. The third-order valence-corrected chi connectivity index (χ3v) is 3.55. The van der Waals surface area contributed by atoms with Gasteiger partial charge < -0.3 is 10.0 Å². The lowest BCUT2D eigenvalue weighted by Gasteiger charge is -2.23. The van der Waals surface area contributed by atoms with Gasteiger partial charge in [0, 0.05) is 12.6 Å². The molecule has 0 spiro atoms. The Morgan fingerprint density at radius 3 is 2.56 bits per heavy atom. The minimum absolute atomic E-state index is 0.221. The summed E-state index contributed by atoms with van der Waals surface area (Å²) < 4.78 is 0. The van der Waals surface area contributed by atoms with Crippen LogP contribution in [0.25, 0.3) is 10.8 Å². The molecule has 0 aliphatic heterocycles. The van der Waals surface area contributed by atoms with Crippen LogP contribution in [0.4, 0.5) is 0 Å². The van der Waals surface area contributed by atoms with Crippen LogP contribution >= 0.6 is 0 Å². The molecule has 0 saturated heterocycles. The van der Waals surface area contributed by atoms with Crippen molar-refractivity contribution in [1.82, 2.24) is 4.90 Å². The van der Waals surface area contributed by atoms with Crippen LogP contribution in [0.3, 0.4) is 0 Å². The molecule has 2 heteroatoms. The maximum Gasteiger partial charge on any atom is 0.0558 e. The van der Waals surface area contributed by atoms with Gasteiger partial charge in [0.1, 0.15) is 0 Å². The Labute approximate surface area is 109 Å². The Balaban J connectivity index is 2.12. The Bertz CT molecular complexity index is 509. The van der Waals surface area contributed by atoms with E-state index in [1.807, 2.05) is 0 Å². The minimum Gasteiger partial charge on any atom is -0.395 e. The van der Waals surface area contributed by atoms with Gasteiger partial charge in [-0.15, -0.1) is 0 Å². The van der Waals surface area contributed by atoms with Crippen molar-refractivity contribution >= 4 is 10.8 Å². The summed E-state index contributed by atoms with van der Waals surface area (Å²) in [6.07, 6.45) is 1.02. The fourth-order valence-electron chi connectivity index (χ4n) is 2.24. The van der Waals surface area contributed by atoms with Crippen LogP contribution < -0.4 is 0 Å². The molecule has 96 valence electrons. The summed E-state index contributed by atoms with van der Waals surface area (Å²) in [5, 5.41) is 11.5. The fraction of sp³-hybridized carbons (Fsp3) is 0.375. The average molecular weight is 243 g/mol.